The molecule has 4 aromatic rings. The summed E-state index contributed by atoms with van der Waals surface area (Å²) < 4.78 is 41.8. The highest BCUT2D eigenvalue weighted by Gasteiger charge is 2.24. The van der Waals surface area contributed by atoms with Crippen LogP contribution in [0, 0.1) is 0 Å². The fraction of sp³-hybridized carbons (Fsp3) is 0.136. The summed E-state index contributed by atoms with van der Waals surface area (Å²) >= 11 is 9.31. The van der Waals surface area contributed by atoms with Crippen molar-refractivity contribution in [2.75, 3.05) is 29.3 Å². The van der Waals surface area contributed by atoms with E-state index in [1.807, 2.05) is 0 Å². The zero-order valence-electron chi connectivity index (χ0n) is 18.7. The number of aromatic nitrogens is 5. The number of ether oxygens (including phenoxy) is 2. The van der Waals surface area contributed by atoms with Gasteiger partial charge in [-0.15, -0.1) is 0 Å². The zero-order chi connectivity index (χ0) is 25.5. The van der Waals surface area contributed by atoms with E-state index in [4.69, 9.17) is 21.1 Å². The van der Waals surface area contributed by atoms with Crippen molar-refractivity contribution in [1.29, 1.82) is 0 Å². The molecule has 36 heavy (non-hydrogen) atoms. The summed E-state index contributed by atoms with van der Waals surface area (Å²) in [6.07, 6.45) is 5.82. The van der Waals surface area contributed by atoms with Crippen molar-refractivity contribution in [1.82, 2.24) is 24.9 Å². The molecule has 186 valence electrons. The lowest BCUT2D eigenvalue weighted by atomic mass is 10.1. The van der Waals surface area contributed by atoms with Crippen molar-refractivity contribution >= 4 is 49.4 Å². The second-order valence-corrected chi connectivity index (χ2v) is 10.1. The molecule has 0 amide bonds. The molecule has 11 nitrogen and oxygen atoms in total. The summed E-state index contributed by atoms with van der Waals surface area (Å²) in [5.41, 5.74) is 0.914. The van der Waals surface area contributed by atoms with Crippen molar-refractivity contribution in [2.45, 2.75) is 0 Å². The Balaban J connectivity index is 1.59. The Hall–Kier alpha value is -3.55. The second kappa shape index (κ2) is 11.5. The van der Waals surface area contributed by atoms with E-state index >= 15 is 0 Å². The van der Waals surface area contributed by atoms with E-state index in [1.165, 1.54) is 19.6 Å². The van der Waals surface area contributed by atoms with Crippen LogP contribution < -0.4 is 18.5 Å². The minimum Gasteiger partial charge on any atom is -0.473 e. The Labute approximate surface area is 220 Å². The topological polar surface area (TPSA) is 132 Å². The molecule has 0 fully saturated rings. The summed E-state index contributed by atoms with van der Waals surface area (Å²) in [6.45, 7) is 0.201. The molecule has 0 unspecified atom stereocenters. The lowest BCUT2D eigenvalue weighted by molar-refractivity contribution is 0.202. The molecule has 0 bridgehead atoms. The predicted octanol–water partition coefficient (Wildman–Crippen LogP) is 4.00. The highest BCUT2D eigenvalue weighted by molar-refractivity contribution is 9.10. The van der Waals surface area contributed by atoms with Crippen LogP contribution in [0.2, 0.25) is 5.02 Å². The van der Waals surface area contributed by atoms with Crippen LogP contribution in [-0.2, 0) is 10.2 Å². The first-order valence-electron chi connectivity index (χ1n) is 10.4. The van der Waals surface area contributed by atoms with E-state index in [-0.39, 0.29) is 36.7 Å². The largest absolute Gasteiger partial charge is 0.473 e. The molecule has 0 saturated carbocycles. The second-order valence-electron chi connectivity index (χ2n) is 7.05. The van der Waals surface area contributed by atoms with Gasteiger partial charge in [-0.05, 0) is 45.8 Å². The van der Waals surface area contributed by atoms with Gasteiger partial charge in [0.05, 0.1) is 10.0 Å². The predicted molar refractivity (Wildman–Crippen MR) is 138 cm³/mol. The Morgan fingerprint density at radius 2 is 1.69 bits per heavy atom. The molecule has 1 N–H and O–H groups in total. The monoisotopic (exact) mass is 591 g/mol. The summed E-state index contributed by atoms with van der Waals surface area (Å²) in [4.78, 5) is 20.5. The standard InChI is InChI=1S/C22H19BrClN7O4S/c1-31(18-4-2-3-9-25-18)36(32,33)30-20-19(15-5-7-17(24)8-6-15)21(29-14-28-20)34-10-11-35-22-26-12-16(23)13-27-22/h2-9,12-14H,10-11H2,1H3,(H,28,29,30). The van der Waals surface area contributed by atoms with Gasteiger partial charge < -0.3 is 9.47 Å². The first-order chi connectivity index (χ1) is 17.3. The van der Waals surface area contributed by atoms with E-state index in [1.54, 1.807) is 54.9 Å². The average Bonchev–Trinajstić information content (AvgIpc) is 2.88. The summed E-state index contributed by atoms with van der Waals surface area (Å²) in [5.74, 6) is 0.393. The molecular formula is C22H19BrClN7O4S. The lowest BCUT2D eigenvalue weighted by Gasteiger charge is -2.20. The van der Waals surface area contributed by atoms with Gasteiger partial charge in [-0.25, -0.2) is 33.9 Å². The van der Waals surface area contributed by atoms with Crippen LogP contribution in [0.4, 0.5) is 11.6 Å². The molecule has 3 heterocycles. The van der Waals surface area contributed by atoms with E-state index in [0.717, 1.165) is 8.78 Å². The molecule has 0 saturated heterocycles. The maximum atomic E-state index is 13.1. The SMILES string of the molecule is CN(c1ccccn1)S(=O)(=O)Nc1ncnc(OCCOc2ncc(Br)cn2)c1-c1ccc(Cl)cc1. The minimum absolute atomic E-state index is 0.0160. The van der Waals surface area contributed by atoms with Gasteiger partial charge in [-0.2, -0.15) is 8.42 Å². The van der Waals surface area contributed by atoms with Crippen molar-refractivity contribution < 1.29 is 17.9 Å². The molecule has 3 aromatic heterocycles. The molecule has 0 aliphatic carbocycles. The fourth-order valence-corrected chi connectivity index (χ4v) is 4.15. The van der Waals surface area contributed by atoms with Crippen molar-refractivity contribution in [3.63, 3.8) is 0 Å². The maximum Gasteiger partial charge on any atom is 0.326 e. The highest BCUT2D eigenvalue weighted by atomic mass is 79.9. The molecule has 0 aliphatic rings. The number of nitrogens with one attached hydrogen (secondary N) is 1. The third-order valence-corrected chi connectivity index (χ3v) is 6.67. The minimum atomic E-state index is -4.08. The van der Waals surface area contributed by atoms with Crippen LogP contribution in [0.25, 0.3) is 11.1 Å². The number of benzene rings is 1. The van der Waals surface area contributed by atoms with Gasteiger partial charge >= 0.3 is 16.2 Å². The van der Waals surface area contributed by atoms with Gasteiger partial charge in [0.1, 0.15) is 25.4 Å². The number of hydrogen-bond acceptors (Lipinski definition) is 9. The van der Waals surface area contributed by atoms with E-state index in [9.17, 15) is 8.42 Å². The average molecular weight is 593 g/mol. The molecule has 14 heteroatoms. The van der Waals surface area contributed by atoms with Crippen LogP contribution in [0.3, 0.4) is 0 Å². The fourth-order valence-electron chi connectivity index (χ4n) is 2.93. The summed E-state index contributed by atoms with van der Waals surface area (Å²) in [5, 5.41) is 0.512. The normalized spacial score (nSPS) is 11.1. The van der Waals surface area contributed by atoms with Gasteiger partial charge in [-0.1, -0.05) is 29.8 Å². The third-order valence-electron chi connectivity index (χ3n) is 4.65. The molecular weight excluding hydrogens is 574 g/mol. The van der Waals surface area contributed by atoms with Gasteiger partial charge in [0, 0.05) is 30.7 Å². The van der Waals surface area contributed by atoms with Crippen LogP contribution >= 0.6 is 27.5 Å². The molecule has 0 aliphatic heterocycles. The van der Waals surface area contributed by atoms with E-state index in [2.05, 4.69) is 45.6 Å². The van der Waals surface area contributed by atoms with Gasteiger partial charge in [-0.3, -0.25) is 0 Å². The van der Waals surface area contributed by atoms with Crippen LogP contribution in [0.5, 0.6) is 11.9 Å². The van der Waals surface area contributed by atoms with Crippen molar-refractivity contribution in [2.24, 2.45) is 0 Å². The molecule has 4 rings (SSSR count). The number of anilines is 2. The molecule has 1 aromatic carbocycles. The smallest absolute Gasteiger partial charge is 0.326 e. The first-order valence-corrected chi connectivity index (χ1v) is 13.0. The third kappa shape index (κ3) is 6.36. The number of pyridine rings is 1. The zero-order valence-corrected chi connectivity index (χ0v) is 21.9. The Kier molecular flexibility index (Phi) is 8.13. The van der Waals surface area contributed by atoms with Gasteiger partial charge in [0.25, 0.3) is 0 Å². The molecule has 0 spiro atoms. The maximum absolute atomic E-state index is 13.1. The quantitative estimate of drug-likeness (QED) is 0.271. The summed E-state index contributed by atoms with van der Waals surface area (Å²) in [6, 6.07) is 11.9. The Morgan fingerprint density at radius 1 is 0.972 bits per heavy atom. The Morgan fingerprint density at radius 3 is 2.39 bits per heavy atom. The van der Waals surface area contributed by atoms with Gasteiger partial charge in [0.2, 0.25) is 5.88 Å². The van der Waals surface area contributed by atoms with Crippen LogP contribution in [-0.4, -0.2) is 53.6 Å². The number of halogens is 2. The first kappa shape index (κ1) is 25.5. The number of rotatable bonds is 10. The lowest BCUT2D eigenvalue weighted by Crippen LogP contribution is -2.33. The van der Waals surface area contributed by atoms with Gasteiger partial charge in [0.15, 0.2) is 5.82 Å². The molecule has 0 radical (unpaired) electrons. The molecule has 0 atom stereocenters. The number of hydrogen-bond donors (Lipinski definition) is 1. The summed E-state index contributed by atoms with van der Waals surface area (Å²) in [7, 11) is -2.70. The van der Waals surface area contributed by atoms with E-state index < -0.39 is 10.2 Å². The van der Waals surface area contributed by atoms with Crippen LogP contribution in [0.1, 0.15) is 0 Å². The van der Waals surface area contributed by atoms with Crippen LogP contribution in [0.15, 0.2) is 71.9 Å². The van der Waals surface area contributed by atoms with E-state index in [0.29, 0.717) is 16.1 Å². The Bertz CT molecular complexity index is 1410. The van der Waals surface area contributed by atoms with Crippen molar-refractivity contribution in [3.8, 4) is 23.0 Å². The number of nitrogens with zero attached hydrogens (tertiary/aromatic N) is 6. The van der Waals surface area contributed by atoms with Crippen molar-refractivity contribution in [3.05, 3.63) is 76.9 Å². The highest BCUT2D eigenvalue weighted by Crippen LogP contribution is 2.35.